The van der Waals surface area contributed by atoms with Crippen LogP contribution < -0.4 is 10.0 Å². The van der Waals surface area contributed by atoms with Crippen LogP contribution in [-0.2, 0) is 14.8 Å². The largest absolute Gasteiger partial charge is 0.326 e. The second-order valence-electron chi connectivity index (χ2n) is 5.62. The fourth-order valence-electron chi connectivity index (χ4n) is 2.25. The van der Waals surface area contributed by atoms with Gasteiger partial charge in [-0.25, -0.2) is 8.42 Å². The van der Waals surface area contributed by atoms with Gasteiger partial charge in [-0.05, 0) is 36.8 Å². The summed E-state index contributed by atoms with van der Waals surface area (Å²) in [7, 11) is -3.80. The number of hydrogen-bond acceptors (Lipinski definition) is 3. The van der Waals surface area contributed by atoms with Crippen molar-refractivity contribution >= 4 is 38.9 Å². The summed E-state index contributed by atoms with van der Waals surface area (Å²) in [6.45, 7) is 2.07. The van der Waals surface area contributed by atoms with Crippen LogP contribution in [0.4, 0.5) is 11.4 Å². The first-order valence-corrected chi connectivity index (χ1v) is 9.96. The van der Waals surface area contributed by atoms with Gasteiger partial charge in [0.05, 0.1) is 15.6 Å². The monoisotopic (exact) mass is 380 g/mol. The Hall–Kier alpha value is -2.05. The van der Waals surface area contributed by atoms with Crippen molar-refractivity contribution in [1.82, 2.24) is 0 Å². The lowest BCUT2D eigenvalue weighted by molar-refractivity contribution is -0.116. The molecule has 0 bridgehead atoms. The number of rotatable bonds is 8. The van der Waals surface area contributed by atoms with Crippen LogP contribution in [0.25, 0.3) is 0 Å². The molecule has 2 aromatic carbocycles. The van der Waals surface area contributed by atoms with Crippen LogP contribution in [0.5, 0.6) is 0 Å². The zero-order valence-electron chi connectivity index (χ0n) is 14.0. The first kappa shape index (κ1) is 19.3. The van der Waals surface area contributed by atoms with Crippen LogP contribution in [0.3, 0.4) is 0 Å². The minimum Gasteiger partial charge on any atom is -0.326 e. The molecule has 2 aromatic rings. The van der Waals surface area contributed by atoms with E-state index in [1.807, 2.05) is 0 Å². The van der Waals surface area contributed by atoms with Crippen molar-refractivity contribution in [3.8, 4) is 0 Å². The number of amides is 1. The first-order valence-electron chi connectivity index (χ1n) is 8.09. The molecule has 0 aliphatic heterocycles. The number of sulfonamides is 1. The maximum Gasteiger partial charge on any atom is 0.262 e. The average Bonchev–Trinajstić information content (AvgIpc) is 2.57. The van der Waals surface area contributed by atoms with Crippen molar-refractivity contribution in [3.05, 3.63) is 53.6 Å². The van der Waals surface area contributed by atoms with E-state index in [-0.39, 0.29) is 10.8 Å². The fraction of sp³-hybridized carbons (Fsp3) is 0.278. The summed E-state index contributed by atoms with van der Waals surface area (Å²) in [4.78, 5) is 11.9. The Kier molecular flexibility index (Phi) is 6.84. The van der Waals surface area contributed by atoms with Gasteiger partial charge in [0.2, 0.25) is 5.91 Å². The molecule has 0 fully saturated rings. The van der Waals surface area contributed by atoms with E-state index in [4.69, 9.17) is 11.6 Å². The smallest absolute Gasteiger partial charge is 0.262 e. The molecule has 0 heterocycles. The molecule has 0 spiro atoms. The summed E-state index contributed by atoms with van der Waals surface area (Å²) in [5, 5.41) is 3.04. The molecule has 0 aliphatic carbocycles. The molecule has 0 atom stereocenters. The van der Waals surface area contributed by atoms with E-state index in [0.717, 1.165) is 19.3 Å². The molecule has 0 aromatic heterocycles. The lowest BCUT2D eigenvalue weighted by Crippen LogP contribution is -2.15. The Balaban J connectivity index is 2.11. The molecule has 2 N–H and O–H groups in total. The predicted octanol–water partition coefficient (Wildman–Crippen LogP) is 4.66. The fourth-order valence-corrected chi connectivity index (χ4v) is 3.61. The molecule has 0 saturated carbocycles. The molecule has 25 heavy (non-hydrogen) atoms. The van der Waals surface area contributed by atoms with E-state index in [2.05, 4.69) is 17.0 Å². The van der Waals surface area contributed by atoms with Gasteiger partial charge in [0.1, 0.15) is 0 Å². The topological polar surface area (TPSA) is 75.3 Å². The van der Waals surface area contributed by atoms with Gasteiger partial charge in [-0.3, -0.25) is 9.52 Å². The third kappa shape index (κ3) is 5.76. The Morgan fingerprint density at radius 1 is 1.08 bits per heavy atom. The van der Waals surface area contributed by atoms with E-state index >= 15 is 0 Å². The standard InChI is InChI=1S/C18H21ClN2O3S/c1-2-3-4-12-18(22)20-14-8-7-9-15(13-14)25(23,24)21-17-11-6-5-10-16(17)19/h5-11,13,21H,2-4,12H2,1H3,(H,20,22). The van der Waals surface area contributed by atoms with Crippen molar-refractivity contribution in [2.45, 2.75) is 37.5 Å². The molecule has 0 aliphatic rings. The van der Waals surface area contributed by atoms with E-state index < -0.39 is 10.0 Å². The zero-order chi connectivity index (χ0) is 18.3. The Labute approximate surface area is 153 Å². The van der Waals surface area contributed by atoms with Crippen LogP contribution in [0.2, 0.25) is 5.02 Å². The maximum atomic E-state index is 12.5. The third-order valence-corrected chi connectivity index (χ3v) is 5.25. The molecule has 0 unspecified atom stereocenters. The van der Waals surface area contributed by atoms with Gasteiger partial charge in [0.25, 0.3) is 10.0 Å². The van der Waals surface area contributed by atoms with Crippen LogP contribution in [-0.4, -0.2) is 14.3 Å². The highest BCUT2D eigenvalue weighted by atomic mass is 35.5. The van der Waals surface area contributed by atoms with Crippen LogP contribution in [0, 0.1) is 0 Å². The molecule has 0 saturated heterocycles. The molecular weight excluding hydrogens is 360 g/mol. The molecule has 2 rings (SSSR count). The van der Waals surface area contributed by atoms with Gasteiger partial charge in [-0.1, -0.05) is 49.6 Å². The van der Waals surface area contributed by atoms with Crippen molar-refractivity contribution < 1.29 is 13.2 Å². The Bertz CT molecular complexity index is 838. The minimum absolute atomic E-state index is 0.0544. The van der Waals surface area contributed by atoms with Crippen molar-refractivity contribution in [3.63, 3.8) is 0 Å². The molecule has 134 valence electrons. The number of hydrogen-bond donors (Lipinski definition) is 2. The van der Waals surface area contributed by atoms with Gasteiger partial charge >= 0.3 is 0 Å². The summed E-state index contributed by atoms with van der Waals surface area (Å²) >= 11 is 5.99. The quantitative estimate of drug-likeness (QED) is 0.654. The average molecular weight is 381 g/mol. The number of unbranched alkanes of at least 4 members (excludes halogenated alkanes) is 2. The molecule has 1 amide bonds. The molecule has 7 heteroatoms. The van der Waals surface area contributed by atoms with Gasteiger partial charge in [-0.2, -0.15) is 0 Å². The number of para-hydroxylation sites is 1. The maximum absolute atomic E-state index is 12.5. The second kappa shape index (κ2) is 8.87. The van der Waals surface area contributed by atoms with Gasteiger partial charge in [0.15, 0.2) is 0 Å². The zero-order valence-corrected chi connectivity index (χ0v) is 15.5. The van der Waals surface area contributed by atoms with Crippen LogP contribution in [0.1, 0.15) is 32.6 Å². The third-order valence-electron chi connectivity index (χ3n) is 3.55. The van der Waals surface area contributed by atoms with E-state index in [1.54, 1.807) is 36.4 Å². The number of benzene rings is 2. The first-order chi connectivity index (χ1) is 11.9. The lowest BCUT2D eigenvalue weighted by atomic mass is 10.2. The van der Waals surface area contributed by atoms with E-state index in [0.29, 0.717) is 22.8 Å². The molecule has 0 radical (unpaired) electrons. The summed E-state index contributed by atoms with van der Waals surface area (Å²) in [5.41, 5.74) is 0.752. The van der Waals surface area contributed by atoms with Crippen molar-refractivity contribution in [1.29, 1.82) is 0 Å². The number of halogens is 1. The van der Waals surface area contributed by atoms with Crippen molar-refractivity contribution in [2.24, 2.45) is 0 Å². The summed E-state index contributed by atoms with van der Waals surface area (Å²) < 4.78 is 27.5. The van der Waals surface area contributed by atoms with Gasteiger partial charge < -0.3 is 5.32 Å². The highest BCUT2D eigenvalue weighted by Gasteiger charge is 2.16. The highest BCUT2D eigenvalue weighted by Crippen LogP contribution is 2.25. The highest BCUT2D eigenvalue weighted by molar-refractivity contribution is 7.92. The second-order valence-corrected chi connectivity index (χ2v) is 7.71. The lowest BCUT2D eigenvalue weighted by Gasteiger charge is -2.11. The normalized spacial score (nSPS) is 11.1. The summed E-state index contributed by atoms with van der Waals surface area (Å²) in [6, 6.07) is 12.7. The van der Waals surface area contributed by atoms with E-state index in [1.165, 1.54) is 12.1 Å². The molecule has 5 nitrogen and oxygen atoms in total. The van der Waals surface area contributed by atoms with Gasteiger partial charge in [0, 0.05) is 12.1 Å². The number of nitrogens with one attached hydrogen (secondary N) is 2. The summed E-state index contributed by atoms with van der Waals surface area (Å²) in [5.74, 6) is -0.123. The number of carbonyl (C=O) groups is 1. The summed E-state index contributed by atoms with van der Waals surface area (Å²) in [6.07, 6.45) is 3.26. The van der Waals surface area contributed by atoms with Crippen LogP contribution in [0.15, 0.2) is 53.4 Å². The predicted molar refractivity (Wildman–Crippen MR) is 101 cm³/mol. The van der Waals surface area contributed by atoms with Gasteiger partial charge in [-0.15, -0.1) is 0 Å². The van der Waals surface area contributed by atoms with E-state index in [9.17, 15) is 13.2 Å². The minimum atomic E-state index is -3.80. The van der Waals surface area contributed by atoms with Crippen molar-refractivity contribution in [2.75, 3.05) is 10.0 Å². The number of anilines is 2. The SMILES string of the molecule is CCCCCC(=O)Nc1cccc(S(=O)(=O)Nc2ccccc2Cl)c1. The molecular formula is C18H21ClN2O3S. The number of carbonyl (C=O) groups excluding carboxylic acids is 1. The Morgan fingerprint density at radius 3 is 2.56 bits per heavy atom. The Morgan fingerprint density at radius 2 is 1.84 bits per heavy atom. The van der Waals surface area contributed by atoms with Crippen LogP contribution >= 0.6 is 11.6 Å².